The zero-order chi connectivity index (χ0) is 9.14. The van der Waals surface area contributed by atoms with Crippen molar-refractivity contribution >= 4 is 0 Å². The lowest BCUT2D eigenvalue weighted by atomic mass is 10.1. The smallest absolute Gasteiger partial charge is 0.0599 e. The van der Waals surface area contributed by atoms with Gasteiger partial charge in [-0.1, -0.05) is 0 Å². The monoisotopic (exact) mass is 172 g/mol. The number of likely N-dealkylation sites (tertiary alicyclic amines) is 1. The number of hydrogen-bond donors (Lipinski definition) is 2. The van der Waals surface area contributed by atoms with Crippen molar-refractivity contribution in [3.8, 4) is 0 Å². The van der Waals surface area contributed by atoms with Crippen LogP contribution in [0.3, 0.4) is 0 Å². The summed E-state index contributed by atoms with van der Waals surface area (Å²) in [6, 6.07) is 1.41. The van der Waals surface area contributed by atoms with Crippen molar-refractivity contribution in [2.45, 2.75) is 37.9 Å². The topological polar surface area (TPSA) is 35.5 Å². The van der Waals surface area contributed by atoms with Gasteiger partial charge in [-0.2, -0.15) is 0 Å². The Hall–Kier alpha value is -0.120. The lowest BCUT2D eigenvalue weighted by Gasteiger charge is -2.29. The normalized spacial score (nSPS) is 34.0. The van der Waals surface area contributed by atoms with E-state index in [0.717, 1.165) is 0 Å². The van der Waals surface area contributed by atoms with Gasteiger partial charge in [0.1, 0.15) is 0 Å². The van der Waals surface area contributed by atoms with Crippen molar-refractivity contribution in [3.63, 3.8) is 0 Å². The van der Waals surface area contributed by atoms with Gasteiger partial charge in [0.2, 0.25) is 0 Å². The molecule has 0 amide bonds. The van der Waals surface area contributed by atoms with Crippen LogP contribution in [-0.2, 0) is 0 Å². The highest BCUT2D eigenvalue weighted by Crippen LogP contribution is 2.23. The highest BCUT2D eigenvalue weighted by molar-refractivity contribution is 4.90. The van der Waals surface area contributed by atoms with E-state index in [0.29, 0.717) is 12.1 Å². The first-order chi connectivity index (χ1) is 5.70. The van der Waals surface area contributed by atoms with Gasteiger partial charge in [-0.25, -0.2) is 0 Å². The summed E-state index contributed by atoms with van der Waals surface area (Å²) in [6.07, 6.45) is 2.45. The summed E-state index contributed by atoms with van der Waals surface area (Å²) in [5.74, 6) is 0. The largest absolute Gasteiger partial charge is 0.395 e. The van der Waals surface area contributed by atoms with Crippen LogP contribution in [0, 0.1) is 0 Å². The van der Waals surface area contributed by atoms with E-state index in [1.165, 1.54) is 12.8 Å². The zero-order valence-corrected chi connectivity index (χ0v) is 8.25. The molecule has 1 rings (SSSR count). The van der Waals surface area contributed by atoms with Crippen LogP contribution in [0.15, 0.2) is 0 Å². The van der Waals surface area contributed by atoms with Crippen LogP contribution in [0.2, 0.25) is 0 Å². The minimum Gasteiger partial charge on any atom is -0.395 e. The third kappa shape index (κ3) is 1.79. The molecule has 72 valence electrons. The van der Waals surface area contributed by atoms with Crippen molar-refractivity contribution < 1.29 is 5.11 Å². The predicted molar refractivity (Wildman–Crippen MR) is 50.2 cm³/mol. The molecule has 3 unspecified atom stereocenters. The second-order valence-corrected chi connectivity index (χ2v) is 3.74. The Morgan fingerprint density at radius 2 is 2.25 bits per heavy atom. The molecule has 3 atom stereocenters. The van der Waals surface area contributed by atoms with Gasteiger partial charge in [-0.05, 0) is 33.9 Å². The van der Waals surface area contributed by atoms with Crippen molar-refractivity contribution in [3.05, 3.63) is 0 Å². The first-order valence-electron chi connectivity index (χ1n) is 4.70. The molecule has 0 saturated carbocycles. The van der Waals surface area contributed by atoms with Crippen LogP contribution >= 0.6 is 0 Å². The number of aliphatic hydroxyl groups is 1. The Morgan fingerprint density at radius 1 is 1.58 bits per heavy atom. The van der Waals surface area contributed by atoms with Gasteiger partial charge < -0.3 is 10.4 Å². The summed E-state index contributed by atoms with van der Waals surface area (Å²) >= 11 is 0. The fraction of sp³-hybridized carbons (Fsp3) is 1.00. The van der Waals surface area contributed by atoms with Crippen molar-refractivity contribution in [2.24, 2.45) is 0 Å². The number of nitrogens with one attached hydrogen (secondary N) is 1. The highest BCUT2D eigenvalue weighted by Gasteiger charge is 2.32. The van der Waals surface area contributed by atoms with E-state index in [-0.39, 0.29) is 12.6 Å². The molecule has 0 aliphatic carbocycles. The molecule has 0 aromatic heterocycles. The van der Waals surface area contributed by atoms with Crippen LogP contribution < -0.4 is 5.32 Å². The van der Waals surface area contributed by atoms with Crippen LogP contribution in [0.5, 0.6) is 0 Å². The molecule has 0 spiro atoms. The molecule has 1 heterocycles. The fourth-order valence-corrected chi connectivity index (χ4v) is 2.04. The van der Waals surface area contributed by atoms with Gasteiger partial charge in [0, 0.05) is 18.1 Å². The van der Waals surface area contributed by atoms with Crippen LogP contribution in [0.25, 0.3) is 0 Å². The second-order valence-electron chi connectivity index (χ2n) is 3.74. The molecule has 1 aliphatic heterocycles. The molecule has 0 radical (unpaired) electrons. The molecular weight excluding hydrogens is 152 g/mol. The summed E-state index contributed by atoms with van der Waals surface area (Å²) in [5.41, 5.74) is 0. The summed E-state index contributed by atoms with van der Waals surface area (Å²) in [7, 11) is 4.06. The van der Waals surface area contributed by atoms with Gasteiger partial charge in [0.05, 0.1) is 6.61 Å². The van der Waals surface area contributed by atoms with E-state index in [9.17, 15) is 0 Å². The molecule has 1 aliphatic rings. The van der Waals surface area contributed by atoms with Gasteiger partial charge >= 0.3 is 0 Å². The SMILES string of the molecule is CNC(CO)C1CCC(C)N1C. The lowest BCUT2D eigenvalue weighted by molar-refractivity contribution is 0.155. The van der Waals surface area contributed by atoms with E-state index >= 15 is 0 Å². The summed E-state index contributed by atoms with van der Waals surface area (Å²) in [4.78, 5) is 2.36. The predicted octanol–water partition coefficient (Wildman–Crippen LogP) is 0.0494. The Labute approximate surface area is 74.8 Å². The first kappa shape index (κ1) is 9.96. The first-order valence-corrected chi connectivity index (χ1v) is 4.70. The average Bonchev–Trinajstić information content (AvgIpc) is 2.38. The van der Waals surface area contributed by atoms with E-state index < -0.39 is 0 Å². The van der Waals surface area contributed by atoms with Crippen molar-refractivity contribution in [2.75, 3.05) is 20.7 Å². The minimum absolute atomic E-state index is 0.234. The summed E-state index contributed by atoms with van der Waals surface area (Å²) in [5, 5.41) is 12.3. The molecule has 0 aromatic rings. The molecule has 1 saturated heterocycles. The van der Waals surface area contributed by atoms with Gasteiger partial charge in [0.25, 0.3) is 0 Å². The maximum atomic E-state index is 9.10. The van der Waals surface area contributed by atoms with E-state index in [4.69, 9.17) is 5.11 Å². The second kappa shape index (κ2) is 4.21. The Balaban J connectivity index is 2.51. The Morgan fingerprint density at radius 3 is 2.58 bits per heavy atom. The summed E-state index contributed by atoms with van der Waals surface area (Å²) in [6.45, 7) is 2.47. The molecule has 0 aromatic carbocycles. The van der Waals surface area contributed by atoms with Crippen LogP contribution in [0.4, 0.5) is 0 Å². The number of rotatable bonds is 3. The van der Waals surface area contributed by atoms with Crippen LogP contribution in [-0.4, -0.2) is 48.8 Å². The van der Waals surface area contributed by atoms with Crippen molar-refractivity contribution in [1.29, 1.82) is 0 Å². The maximum absolute atomic E-state index is 9.10. The standard InChI is InChI=1S/C9H20N2O/c1-7-4-5-9(11(7)3)8(6-12)10-2/h7-10,12H,4-6H2,1-3H3. The van der Waals surface area contributed by atoms with Crippen molar-refractivity contribution in [1.82, 2.24) is 10.2 Å². The van der Waals surface area contributed by atoms with Crippen LogP contribution in [0.1, 0.15) is 19.8 Å². The van der Waals surface area contributed by atoms with E-state index in [1.807, 2.05) is 7.05 Å². The lowest BCUT2D eigenvalue weighted by Crippen LogP contribution is -2.47. The molecule has 2 N–H and O–H groups in total. The summed E-state index contributed by atoms with van der Waals surface area (Å²) < 4.78 is 0. The molecule has 0 bridgehead atoms. The molecular formula is C9H20N2O. The van der Waals surface area contributed by atoms with Gasteiger partial charge in [0.15, 0.2) is 0 Å². The molecule has 12 heavy (non-hydrogen) atoms. The number of hydrogen-bond acceptors (Lipinski definition) is 3. The number of likely N-dealkylation sites (N-methyl/N-ethyl adjacent to an activating group) is 2. The molecule has 3 nitrogen and oxygen atoms in total. The Bertz CT molecular complexity index is 136. The minimum atomic E-state index is 0.234. The molecule has 1 fully saturated rings. The average molecular weight is 172 g/mol. The van der Waals surface area contributed by atoms with Gasteiger partial charge in [-0.15, -0.1) is 0 Å². The quantitative estimate of drug-likeness (QED) is 0.631. The third-order valence-electron chi connectivity index (χ3n) is 3.13. The van der Waals surface area contributed by atoms with E-state index in [1.54, 1.807) is 0 Å². The zero-order valence-electron chi connectivity index (χ0n) is 8.25. The fourth-order valence-electron chi connectivity index (χ4n) is 2.04. The number of nitrogens with zero attached hydrogens (tertiary/aromatic N) is 1. The number of aliphatic hydroxyl groups excluding tert-OH is 1. The maximum Gasteiger partial charge on any atom is 0.0599 e. The third-order valence-corrected chi connectivity index (χ3v) is 3.13. The Kier molecular flexibility index (Phi) is 3.50. The van der Waals surface area contributed by atoms with E-state index in [2.05, 4.69) is 24.2 Å². The highest BCUT2D eigenvalue weighted by atomic mass is 16.3. The molecule has 3 heteroatoms. The van der Waals surface area contributed by atoms with Gasteiger partial charge in [-0.3, -0.25) is 4.90 Å².